The molecule has 0 aromatic heterocycles. The van der Waals surface area contributed by atoms with Gasteiger partial charge in [0, 0.05) is 0 Å². The number of hydrogen-bond acceptors (Lipinski definition) is 1. The van der Waals surface area contributed by atoms with E-state index >= 15 is 0 Å². The topological polar surface area (TPSA) is 12.5 Å². The normalized spacial score (nSPS) is 28.1. The van der Waals surface area contributed by atoms with Gasteiger partial charge in [-0.1, -0.05) is 0 Å². The smallest absolute Gasteiger partial charge is 0.373 e. The number of rotatable bonds is 1. The lowest BCUT2D eigenvalue weighted by Gasteiger charge is -2.00. The Morgan fingerprint density at radius 2 is 2.00 bits per heavy atom. The molecule has 1 heterocycles. The SMILES string of the molecule is FC(F)(F)C[C@@H]1CO1. The van der Waals surface area contributed by atoms with Crippen LogP contribution in [0.25, 0.3) is 0 Å². The van der Waals surface area contributed by atoms with E-state index in [4.69, 9.17) is 0 Å². The second-order valence-corrected chi connectivity index (χ2v) is 1.77. The zero-order chi connectivity index (χ0) is 6.20. The van der Waals surface area contributed by atoms with Crippen LogP contribution < -0.4 is 0 Å². The summed E-state index contributed by atoms with van der Waals surface area (Å²) in [6.45, 7) is 0.277. The summed E-state index contributed by atoms with van der Waals surface area (Å²) in [6, 6.07) is 0. The summed E-state index contributed by atoms with van der Waals surface area (Å²) in [5.41, 5.74) is 0. The summed E-state index contributed by atoms with van der Waals surface area (Å²) in [4.78, 5) is 0. The molecule has 0 unspecified atom stereocenters. The predicted octanol–water partition coefficient (Wildman–Crippen LogP) is 1.34. The van der Waals surface area contributed by atoms with Crippen molar-refractivity contribution in [3.05, 3.63) is 0 Å². The van der Waals surface area contributed by atoms with Crippen molar-refractivity contribution in [2.75, 3.05) is 6.61 Å². The summed E-state index contributed by atoms with van der Waals surface area (Å²) in [5, 5.41) is 0. The van der Waals surface area contributed by atoms with Crippen molar-refractivity contribution in [2.24, 2.45) is 0 Å². The maximum Gasteiger partial charge on any atom is 0.391 e. The fourth-order valence-corrected chi connectivity index (χ4v) is 0.444. The quantitative estimate of drug-likeness (QED) is 0.483. The molecule has 0 spiro atoms. The number of epoxide rings is 1. The Hall–Kier alpha value is -0.250. The molecule has 0 amide bonds. The first-order valence-electron chi connectivity index (χ1n) is 2.26. The molecule has 1 fully saturated rings. The second kappa shape index (κ2) is 1.62. The van der Waals surface area contributed by atoms with Crippen LogP contribution in [0, 0.1) is 0 Å². The third-order valence-corrected chi connectivity index (χ3v) is 0.861. The van der Waals surface area contributed by atoms with Crippen molar-refractivity contribution in [3.8, 4) is 0 Å². The molecule has 1 nitrogen and oxygen atoms in total. The van der Waals surface area contributed by atoms with Gasteiger partial charge in [-0.25, -0.2) is 0 Å². The van der Waals surface area contributed by atoms with Crippen molar-refractivity contribution < 1.29 is 17.9 Å². The number of halogens is 3. The van der Waals surface area contributed by atoms with Gasteiger partial charge in [0.25, 0.3) is 0 Å². The fraction of sp³-hybridized carbons (Fsp3) is 1.00. The number of hydrogen-bond donors (Lipinski definition) is 0. The first-order valence-corrected chi connectivity index (χ1v) is 2.26. The van der Waals surface area contributed by atoms with Crippen molar-refractivity contribution in [3.63, 3.8) is 0 Å². The molecular formula is C4H5F3O. The van der Waals surface area contributed by atoms with Gasteiger partial charge in [-0.05, 0) is 0 Å². The lowest BCUT2D eigenvalue weighted by molar-refractivity contribution is -0.137. The lowest BCUT2D eigenvalue weighted by atomic mass is 10.3. The minimum absolute atomic E-state index is 0.277. The van der Waals surface area contributed by atoms with Gasteiger partial charge in [0.2, 0.25) is 0 Å². The van der Waals surface area contributed by atoms with Crippen LogP contribution in [-0.2, 0) is 4.74 Å². The molecule has 0 aliphatic carbocycles. The van der Waals surface area contributed by atoms with E-state index in [0.717, 1.165) is 0 Å². The average Bonchev–Trinajstić information content (AvgIpc) is 2.12. The molecule has 0 bridgehead atoms. The van der Waals surface area contributed by atoms with Crippen LogP contribution in [-0.4, -0.2) is 18.9 Å². The lowest BCUT2D eigenvalue weighted by Crippen LogP contribution is -2.10. The molecule has 8 heavy (non-hydrogen) atoms. The second-order valence-electron chi connectivity index (χ2n) is 1.77. The minimum atomic E-state index is -4.04. The van der Waals surface area contributed by atoms with Gasteiger partial charge in [0.1, 0.15) is 0 Å². The molecule has 1 aliphatic rings. The first-order chi connectivity index (χ1) is 3.58. The molecule has 1 atom stereocenters. The number of ether oxygens (including phenoxy) is 1. The monoisotopic (exact) mass is 126 g/mol. The van der Waals surface area contributed by atoms with Crippen LogP contribution in [0.4, 0.5) is 13.2 Å². The highest BCUT2D eigenvalue weighted by molar-refractivity contribution is 4.72. The van der Waals surface area contributed by atoms with Gasteiger partial charge < -0.3 is 4.74 Å². The van der Waals surface area contributed by atoms with Crippen LogP contribution in [0.2, 0.25) is 0 Å². The molecule has 0 radical (unpaired) electrons. The third kappa shape index (κ3) is 2.16. The predicted molar refractivity (Wildman–Crippen MR) is 20.4 cm³/mol. The molecule has 48 valence electrons. The van der Waals surface area contributed by atoms with E-state index in [1.165, 1.54) is 0 Å². The maximum atomic E-state index is 11.3. The molecule has 1 saturated heterocycles. The van der Waals surface area contributed by atoms with Crippen LogP contribution in [0.5, 0.6) is 0 Å². The molecular weight excluding hydrogens is 121 g/mol. The minimum Gasteiger partial charge on any atom is -0.373 e. The largest absolute Gasteiger partial charge is 0.391 e. The van der Waals surface area contributed by atoms with Crippen molar-refractivity contribution in [1.82, 2.24) is 0 Å². The Kier molecular flexibility index (Phi) is 1.19. The van der Waals surface area contributed by atoms with Gasteiger partial charge >= 0.3 is 6.18 Å². The van der Waals surface area contributed by atoms with Gasteiger partial charge in [-0.3, -0.25) is 0 Å². The van der Waals surface area contributed by atoms with Crippen LogP contribution in [0.15, 0.2) is 0 Å². The van der Waals surface area contributed by atoms with E-state index in [0.29, 0.717) is 0 Å². The fourth-order valence-electron chi connectivity index (χ4n) is 0.444. The van der Waals surface area contributed by atoms with E-state index in [1.54, 1.807) is 0 Å². The summed E-state index contributed by atoms with van der Waals surface area (Å²) in [6.07, 6.45) is -5.36. The van der Waals surface area contributed by atoms with Crippen molar-refractivity contribution in [1.29, 1.82) is 0 Å². The molecule has 0 saturated carbocycles. The Morgan fingerprint density at radius 1 is 1.50 bits per heavy atom. The Bertz CT molecular complexity index is 83.8. The van der Waals surface area contributed by atoms with Crippen LogP contribution >= 0.6 is 0 Å². The molecule has 0 aromatic carbocycles. The molecule has 0 aromatic rings. The van der Waals surface area contributed by atoms with Gasteiger partial charge in [0.15, 0.2) is 0 Å². The van der Waals surface area contributed by atoms with E-state index in [2.05, 4.69) is 4.74 Å². The van der Waals surface area contributed by atoms with Gasteiger partial charge in [-0.15, -0.1) is 0 Å². The Morgan fingerprint density at radius 3 is 2.12 bits per heavy atom. The van der Waals surface area contributed by atoms with Crippen molar-refractivity contribution >= 4 is 0 Å². The van der Waals surface area contributed by atoms with Crippen LogP contribution in [0.3, 0.4) is 0 Å². The van der Waals surface area contributed by atoms with E-state index in [1.807, 2.05) is 0 Å². The zero-order valence-electron chi connectivity index (χ0n) is 4.03. The van der Waals surface area contributed by atoms with Crippen molar-refractivity contribution in [2.45, 2.75) is 18.7 Å². The number of alkyl halides is 3. The zero-order valence-corrected chi connectivity index (χ0v) is 4.03. The average molecular weight is 126 g/mol. The Labute approximate surface area is 44.4 Å². The van der Waals surface area contributed by atoms with E-state index in [9.17, 15) is 13.2 Å². The molecule has 0 N–H and O–H groups in total. The third-order valence-electron chi connectivity index (χ3n) is 0.861. The molecule has 4 heteroatoms. The first kappa shape index (κ1) is 5.88. The van der Waals surface area contributed by atoms with Gasteiger partial charge in [-0.2, -0.15) is 13.2 Å². The van der Waals surface area contributed by atoms with Crippen LogP contribution in [0.1, 0.15) is 6.42 Å². The van der Waals surface area contributed by atoms with E-state index in [-0.39, 0.29) is 6.61 Å². The van der Waals surface area contributed by atoms with Gasteiger partial charge in [0.05, 0.1) is 19.1 Å². The molecule has 1 rings (SSSR count). The maximum absolute atomic E-state index is 11.3. The summed E-state index contributed by atoms with van der Waals surface area (Å²) in [5.74, 6) is 0. The highest BCUT2D eigenvalue weighted by atomic mass is 19.4. The van der Waals surface area contributed by atoms with E-state index < -0.39 is 18.7 Å². The molecule has 1 aliphatic heterocycles. The standard InChI is InChI=1S/C4H5F3O/c5-4(6,7)1-3-2-8-3/h3H,1-2H2/t3-/m1/s1. The summed E-state index contributed by atoms with van der Waals surface area (Å²) in [7, 11) is 0. The summed E-state index contributed by atoms with van der Waals surface area (Å²) < 4.78 is 38.2. The highest BCUT2D eigenvalue weighted by Crippen LogP contribution is 2.27. The summed E-state index contributed by atoms with van der Waals surface area (Å²) >= 11 is 0. The highest BCUT2D eigenvalue weighted by Gasteiger charge is 2.37. The Balaban J connectivity index is 2.16.